The Morgan fingerprint density at radius 1 is 0.684 bits per heavy atom. The van der Waals surface area contributed by atoms with Crippen LogP contribution in [0.2, 0.25) is 0 Å². The first-order valence-electron chi connectivity index (χ1n) is 20.3. The lowest BCUT2D eigenvalue weighted by atomic mass is 9.66. The predicted octanol–water partition coefficient (Wildman–Crippen LogP) is 14.1. The highest BCUT2D eigenvalue weighted by Crippen LogP contribution is 2.53. The SMILES string of the molecule is C=C1/C(=C\C=C\N(C2=CC=C3C4=CC=CCC4c4ccccc4C3C2)c2ccc(-c3cccc4c3oc3ccccc34)cc2)n2c3c(c4ccccc42)C=CCC13. The molecule has 1 aliphatic heterocycles. The van der Waals surface area contributed by atoms with Crippen LogP contribution >= 0.6 is 0 Å². The summed E-state index contributed by atoms with van der Waals surface area (Å²) in [4.78, 5) is 2.40. The number of allylic oxidation sites excluding steroid dienone is 13. The number of hydrogen-bond donors (Lipinski definition) is 0. The van der Waals surface area contributed by atoms with Gasteiger partial charge in [0, 0.05) is 74.0 Å². The highest BCUT2D eigenvalue weighted by atomic mass is 16.3. The lowest BCUT2D eigenvalue weighted by molar-refractivity contribution is 0.660. The fourth-order valence-electron chi connectivity index (χ4n) is 10.5. The molecule has 7 aromatic rings. The Bertz CT molecular complexity index is 3080. The van der Waals surface area contributed by atoms with Crippen molar-refractivity contribution in [3.05, 3.63) is 221 Å². The van der Waals surface area contributed by atoms with Gasteiger partial charge in [-0.15, -0.1) is 0 Å². The van der Waals surface area contributed by atoms with Gasteiger partial charge in [0.2, 0.25) is 0 Å². The molecule has 0 bridgehead atoms. The molecule has 3 unspecified atom stereocenters. The van der Waals surface area contributed by atoms with Crippen LogP contribution in [0.1, 0.15) is 59.4 Å². The van der Waals surface area contributed by atoms with E-state index in [-0.39, 0.29) is 0 Å². The molecule has 2 aromatic heterocycles. The molecule has 5 aromatic carbocycles. The second-order valence-corrected chi connectivity index (χ2v) is 16.0. The van der Waals surface area contributed by atoms with E-state index >= 15 is 0 Å². The van der Waals surface area contributed by atoms with E-state index < -0.39 is 0 Å². The van der Waals surface area contributed by atoms with E-state index in [1.165, 1.54) is 61.4 Å². The number of hydrogen-bond acceptors (Lipinski definition) is 2. The largest absolute Gasteiger partial charge is 0.455 e. The maximum atomic E-state index is 6.45. The minimum atomic E-state index is 0.297. The van der Waals surface area contributed by atoms with Crippen molar-refractivity contribution in [3.8, 4) is 11.1 Å². The first-order chi connectivity index (χ1) is 28.2. The average Bonchev–Trinajstić information content (AvgIpc) is 3.92. The molecule has 3 heterocycles. The van der Waals surface area contributed by atoms with Crippen molar-refractivity contribution in [1.82, 2.24) is 4.57 Å². The zero-order valence-corrected chi connectivity index (χ0v) is 31.6. The van der Waals surface area contributed by atoms with Crippen molar-refractivity contribution in [2.24, 2.45) is 0 Å². The van der Waals surface area contributed by atoms with Crippen LogP contribution in [0.5, 0.6) is 0 Å². The Hall–Kier alpha value is -6.84. The molecule has 12 rings (SSSR count). The molecule has 3 atom stereocenters. The Balaban J connectivity index is 0.969. The molecule has 3 nitrogen and oxygen atoms in total. The first-order valence-corrected chi connectivity index (χ1v) is 20.3. The maximum Gasteiger partial charge on any atom is 0.143 e. The lowest BCUT2D eigenvalue weighted by Gasteiger charge is -2.40. The molecule has 0 fully saturated rings. The molecule has 3 heteroatoms. The summed E-state index contributed by atoms with van der Waals surface area (Å²) in [6.45, 7) is 4.67. The van der Waals surface area contributed by atoms with Gasteiger partial charge >= 0.3 is 0 Å². The number of para-hydroxylation sites is 3. The topological polar surface area (TPSA) is 21.3 Å². The molecule has 0 radical (unpaired) electrons. The zero-order chi connectivity index (χ0) is 37.6. The summed E-state index contributed by atoms with van der Waals surface area (Å²) in [7, 11) is 0. The standard InChI is InChI=1S/C54H40N2O/c1-34-38-19-10-21-47-45-17-6-8-23-51(45)56(53(38)47)50(34)24-12-32-55(37-30-31-44-42-15-3-2-13-40(42)41-14-4-5-16-43(41)49(44)33-37)36-28-26-35(27-29-36)39-20-11-22-48-46-18-7-9-25-52(46)57-54(39)48/h2-12,14-18,20-32,38,40,49H,1,13,19,33H2/b32-12+,50-24+. The minimum Gasteiger partial charge on any atom is -0.455 e. The van der Waals surface area contributed by atoms with Crippen LogP contribution in [0.4, 0.5) is 5.69 Å². The summed E-state index contributed by atoms with van der Waals surface area (Å²) in [5, 5.41) is 3.60. The van der Waals surface area contributed by atoms with Crippen molar-refractivity contribution in [3.63, 3.8) is 0 Å². The second-order valence-electron chi connectivity index (χ2n) is 16.0. The Morgan fingerprint density at radius 2 is 1.44 bits per heavy atom. The van der Waals surface area contributed by atoms with Gasteiger partial charge in [0.1, 0.15) is 11.2 Å². The third kappa shape index (κ3) is 4.85. The van der Waals surface area contributed by atoms with Crippen molar-refractivity contribution in [2.45, 2.75) is 37.0 Å². The molecule has 0 saturated heterocycles. The monoisotopic (exact) mass is 732 g/mol. The van der Waals surface area contributed by atoms with Gasteiger partial charge in [-0.2, -0.15) is 0 Å². The summed E-state index contributed by atoms with van der Waals surface area (Å²) in [6, 6.07) is 41.7. The molecular formula is C54H40N2O. The minimum absolute atomic E-state index is 0.297. The van der Waals surface area contributed by atoms with Crippen LogP contribution in [0.25, 0.3) is 55.7 Å². The second kappa shape index (κ2) is 12.6. The molecule has 4 aliphatic carbocycles. The molecule has 0 saturated carbocycles. The maximum absolute atomic E-state index is 6.45. The fourth-order valence-corrected chi connectivity index (χ4v) is 10.5. The number of nitrogens with zero attached hydrogens (tertiary/aromatic N) is 2. The van der Waals surface area contributed by atoms with E-state index in [0.29, 0.717) is 17.8 Å². The van der Waals surface area contributed by atoms with Gasteiger partial charge in [0.05, 0.1) is 5.52 Å². The zero-order valence-electron chi connectivity index (χ0n) is 31.6. The normalized spacial score (nSPS) is 21.1. The lowest BCUT2D eigenvalue weighted by Crippen LogP contribution is -2.26. The molecule has 0 amide bonds. The Kier molecular flexibility index (Phi) is 7.16. The van der Waals surface area contributed by atoms with Crippen LogP contribution < -0.4 is 4.90 Å². The molecule has 0 spiro atoms. The Labute approximate surface area is 332 Å². The van der Waals surface area contributed by atoms with E-state index in [0.717, 1.165) is 58.0 Å². The highest BCUT2D eigenvalue weighted by molar-refractivity contribution is 6.09. The molecule has 57 heavy (non-hydrogen) atoms. The summed E-state index contributed by atoms with van der Waals surface area (Å²) >= 11 is 0. The van der Waals surface area contributed by atoms with Crippen molar-refractivity contribution >= 4 is 50.3 Å². The summed E-state index contributed by atoms with van der Waals surface area (Å²) in [5.41, 5.74) is 18.7. The van der Waals surface area contributed by atoms with Gasteiger partial charge < -0.3 is 13.9 Å². The van der Waals surface area contributed by atoms with Crippen molar-refractivity contribution in [1.29, 1.82) is 0 Å². The van der Waals surface area contributed by atoms with Gasteiger partial charge in [-0.1, -0.05) is 134 Å². The predicted molar refractivity (Wildman–Crippen MR) is 237 cm³/mol. The Morgan fingerprint density at radius 3 is 2.33 bits per heavy atom. The van der Waals surface area contributed by atoms with Crippen molar-refractivity contribution < 1.29 is 4.42 Å². The number of aromatic nitrogens is 1. The number of fused-ring (bicyclic) bond motifs is 12. The van der Waals surface area contributed by atoms with Crippen LogP contribution in [-0.4, -0.2) is 4.57 Å². The fraction of sp³-hybridized carbons (Fsp3) is 0.111. The molecule has 0 N–H and O–H groups in total. The number of furan rings is 1. The van der Waals surface area contributed by atoms with E-state index in [4.69, 9.17) is 4.42 Å². The van der Waals surface area contributed by atoms with Gasteiger partial charge in [0.15, 0.2) is 0 Å². The number of anilines is 1. The molecule has 5 aliphatic rings. The van der Waals surface area contributed by atoms with Crippen LogP contribution in [0.15, 0.2) is 203 Å². The summed E-state index contributed by atoms with van der Waals surface area (Å²) < 4.78 is 8.90. The van der Waals surface area contributed by atoms with Gasteiger partial charge in [-0.25, -0.2) is 0 Å². The molecular weight excluding hydrogens is 693 g/mol. The third-order valence-electron chi connectivity index (χ3n) is 13.1. The quantitative estimate of drug-likeness (QED) is 0.176. The van der Waals surface area contributed by atoms with E-state index in [9.17, 15) is 0 Å². The number of benzene rings is 5. The van der Waals surface area contributed by atoms with Crippen LogP contribution in [0, 0.1) is 0 Å². The van der Waals surface area contributed by atoms with Crippen LogP contribution in [-0.2, 0) is 0 Å². The first kappa shape index (κ1) is 32.4. The summed E-state index contributed by atoms with van der Waals surface area (Å²) in [6.07, 6.45) is 26.0. The molecule has 272 valence electrons. The average molecular weight is 733 g/mol. The smallest absolute Gasteiger partial charge is 0.143 e. The van der Waals surface area contributed by atoms with E-state index in [1.54, 1.807) is 0 Å². The number of rotatable bonds is 5. The van der Waals surface area contributed by atoms with E-state index in [2.05, 4.69) is 186 Å². The van der Waals surface area contributed by atoms with E-state index in [1.807, 2.05) is 6.07 Å². The van der Waals surface area contributed by atoms with Crippen LogP contribution in [0.3, 0.4) is 0 Å². The third-order valence-corrected chi connectivity index (χ3v) is 13.1. The van der Waals surface area contributed by atoms with Crippen molar-refractivity contribution in [2.75, 3.05) is 4.90 Å². The highest BCUT2D eigenvalue weighted by Gasteiger charge is 2.38. The van der Waals surface area contributed by atoms with Gasteiger partial charge in [0.25, 0.3) is 0 Å². The van der Waals surface area contributed by atoms with Gasteiger partial charge in [-0.05, 0) is 95.2 Å². The summed E-state index contributed by atoms with van der Waals surface area (Å²) in [5.74, 6) is 1.03. The van der Waals surface area contributed by atoms with Gasteiger partial charge in [-0.3, -0.25) is 0 Å².